The number of rotatable bonds is 6. The molecule has 1 N–H and O–H groups in total. The predicted molar refractivity (Wildman–Crippen MR) is 127 cm³/mol. The molecule has 4 rings (SSSR count). The molecule has 1 aliphatic heterocycles. The van der Waals surface area contributed by atoms with Gasteiger partial charge in [0.15, 0.2) is 0 Å². The molecule has 0 atom stereocenters. The average molecular weight is 534 g/mol. The SMILES string of the molecule is COC(=O)c1cc(NC(=O)C2CCN(Cc3nc(-c4cccc(Br)c4)no3)CC2)ccc1Cl. The van der Waals surface area contributed by atoms with E-state index in [1.165, 1.54) is 13.2 Å². The number of methoxy groups -OCH3 is 1. The number of likely N-dealkylation sites (tertiary alicyclic amines) is 1. The Bertz CT molecular complexity index is 1160. The third kappa shape index (κ3) is 5.79. The van der Waals surface area contributed by atoms with Gasteiger partial charge in [-0.25, -0.2) is 4.79 Å². The van der Waals surface area contributed by atoms with Gasteiger partial charge in [0.25, 0.3) is 0 Å². The Hall–Kier alpha value is -2.75. The average Bonchev–Trinajstić information content (AvgIpc) is 3.29. The Morgan fingerprint density at radius 3 is 2.76 bits per heavy atom. The number of nitrogens with one attached hydrogen (secondary N) is 1. The number of halogens is 2. The zero-order chi connectivity index (χ0) is 23.4. The molecule has 8 nitrogen and oxygen atoms in total. The van der Waals surface area contributed by atoms with E-state index in [9.17, 15) is 9.59 Å². The van der Waals surface area contributed by atoms with Gasteiger partial charge < -0.3 is 14.6 Å². The van der Waals surface area contributed by atoms with Crippen LogP contribution in [0.5, 0.6) is 0 Å². The zero-order valence-corrected chi connectivity index (χ0v) is 20.2. The van der Waals surface area contributed by atoms with Crippen molar-refractivity contribution in [1.82, 2.24) is 15.0 Å². The van der Waals surface area contributed by atoms with Crippen LogP contribution in [0.2, 0.25) is 5.02 Å². The molecule has 1 aromatic heterocycles. The predicted octanol–water partition coefficient (Wildman–Crippen LogP) is 4.79. The highest BCUT2D eigenvalue weighted by Gasteiger charge is 2.26. The Balaban J connectivity index is 1.30. The monoisotopic (exact) mass is 532 g/mol. The van der Waals surface area contributed by atoms with Gasteiger partial charge in [0, 0.05) is 21.6 Å². The lowest BCUT2D eigenvalue weighted by atomic mass is 9.95. The van der Waals surface area contributed by atoms with Gasteiger partial charge in [-0.05, 0) is 56.3 Å². The number of aromatic nitrogens is 2. The molecule has 0 saturated carbocycles. The molecule has 3 aromatic rings. The number of esters is 1. The van der Waals surface area contributed by atoms with Gasteiger partial charge in [-0.2, -0.15) is 4.98 Å². The van der Waals surface area contributed by atoms with Crippen LogP contribution in [0.15, 0.2) is 51.5 Å². The van der Waals surface area contributed by atoms with Crippen LogP contribution in [0.4, 0.5) is 5.69 Å². The van der Waals surface area contributed by atoms with E-state index < -0.39 is 5.97 Å². The number of amides is 1. The van der Waals surface area contributed by atoms with E-state index in [2.05, 4.69) is 36.3 Å². The molecule has 2 aromatic carbocycles. The second-order valence-electron chi connectivity index (χ2n) is 7.75. The Labute approximate surface area is 204 Å². The summed E-state index contributed by atoms with van der Waals surface area (Å²) >= 11 is 9.49. The summed E-state index contributed by atoms with van der Waals surface area (Å²) in [7, 11) is 1.29. The lowest BCUT2D eigenvalue weighted by Gasteiger charge is -2.30. The first-order valence-corrected chi connectivity index (χ1v) is 11.6. The number of hydrogen-bond acceptors (Lipinski definition) is 7. The van der Waals surface area contributed by atoms with Gasteiger partial charge in [-0.3, -0.25) is 9.69 Å². The molecule has 1 aliphatic rings. The van der Waals surface area contributed by atoms with Crippen molar-refractivity contribution in [3.05, 3.63) is 63.4 Å². The van der Waals surface area contributed by atoms with Crippen molar-refractivity contribution in [1.29, 1.82) is 0 Å². The fourth-order valence-electron chi connectivity index (χ4n) is 3.72. The Kier molecular flexibility index (Phi) is 7.42. The summed E-state index contributed by atoms with van der Waals surface area (Å²) < 4.78 is 11.1. The largest absolute Gasteiger partial charge is 0.465 e. The lowest BCUT2D eigenvalue weighted by Crippen LogP contribution is -2.37. The minimum Gasteiger partial charge on any atom is -0.465 e. The van der Waals surface area contributed by atoms with Crippen molar-refractivity contribution in [2.24, 2.45) is 5.92 Å². The molecular formula is C23H22BrClN4O4. The third-order valence-corrected chi connectivity index (χ3v) is 6.33. The minimum atomic E-state index is -0.548. The Morgan fingerprint density at radius 2 is 2.03 bits per heavy atom. The summed E-state index contributed by atoms with van der Waals surface area (Å²) in [6.07, 6.45) is 1.41. The van der Waals surface area contributed by atoms with Gasteiger partial charge in [0.05, 0.1) is 24.2 Å². The molecule has 1 saturated heterocycles. The van der Waals surface area contributed by atoms with Crippen molar-refractivity contribution in [2.45, 2.75) is 19.4 Å². The van der Waals surface area contributed by atoms with Gasteiger partial charge in [-0.1, -0.05) is 44.8 Å². The number of hydrogen-bond donors (Lipinski definition) is 1. The van der Waals surface area contributed by atoms with Gasteiger partial charge in [-0.15, -0.1) is 0 Å². The summed E-state index contributed by atoms with van der Waals surface area (Å²) in [6.45, 7) is 2.01. The highest BCUT2D eigenvalue weighted by atomic mass is 79.9. The molecule has 1 amide bonds. The molecule has 1 fully saturated rings. The zero-order valence-electron chi connectivity index (χ0n) is 17.9. The highest BCUT2D eigenvalue weighted by Crippen LogP contribution is 2.25. The van der Waals surface area contributed by atoms with Crippen molar-refractivity contribution in [3.63, 3.8) is 0 Å². The summed E-state index contributed by atoms with van der Waals surface area (Å²) in [4.78, 5) is 31.2. The first-order chi connectivity index (χ1) is 15.9. The standard InChI is InChI=1S/C23H22BrClN4O4/c1-32-23(31)18-12-17(5-6-19(18)25)26-22(30)14-7-9-29(10-8-14)13-20-27-21(28-33-20)15-3-2-4-16(24)11-15/h2-6,11-12,14H,7-10,13H2,1H3,(H,26,30). The van der Waals surface area contributed by atoms with E-state index in [0.717, 1.165) is 23.1 Å². The Morgan fingerprint density at radius 1 is 1.24 bits per heavy atom. The number of ether oxygens (including phenoxy) is 1. The molecule has 10 heteroatoms. The van der Waals surface area contributed by atoms with Crippen LogP contribution in [0.25, 0.3) is 11.4 Å². The minimum absolute atomic E-state index is 0.0810. The van der Waals surface area contributed by atoms with Crippen LogP contribution >= 0.6 is 27.5 Å². The molecular weight excluding hydrogens is 512 g/mol. The van der Waals surface area contributed by atoms with Crippen LogP contribution in [0.3, 0.4) is 0 Å². The summed E-state index contributed by atoms with van der Waals surface area (Å²) in [6, 6.07) is 12.5. The van der Waals surface area contributed by atoms with Crippen LogP contribution in [0, 0.1) is 5.92 Å². The van der Waals surface area contributed by atoms with Gasteiger partial charge >= 0.3 is 5.97 Å². The van der Waals surface area contributed by atoms with Crippen molar-refractivity contribution >= 4 is 45.1 Å². The van der Waals surface area contributed by atoms with Crippen molar-refractivity contribution < 1.29 is 18.8 Å². The number of anilines is 1. The number of carbonyl (C=O) groups is 2. The summed E-state index contributed by atoms with van der Waals surface area (Å²) in [5.74, 6) is 0.341. The van der Waals surface area contributed by atoms with E-state index >= 15 is 0 Å². The quantitative estimate of drug-likeness (QED) is 0.455. The van der Waals surface area contributed by atoms with E-state index in [-0.39, 0.29) is 22.4 Å². The number of piperidine rings is 1. The second-order valence-corrected chi connectivity index (χ2v) is 9.07. The van der Waals surface area contributed by atoms with Gasteiger partial charge in [0.1, 0.15) is 0 Å². The molecule has 33 heavy (non-hydrogen) atoms. The summed E-state index contributed by atoms with van der Waals surface area (Å²) in [5, 5.41) is 7.23. The van der Waals surface area contributed by atoms with E-state index in [1.807, 2.05) is 24.3 Å². The normalized spacial score (nSPS) is 14.8. The van der Waals surface area contributed by atoms with Crippen LogP contribution < -0.4 is 5.32 Å². The molecule has 0 spiro atoms. The van der Waals surface area contributed by atoms with Crippen molar-refractivity contribution in [3.8, 4) is 11.4 Å². The van der Waals surface area contributed by atoms with E-state index in [1.54, 1.807) is 12.1 Å². The topological polar surface area (TPSA) is 97.6 Å². The smallest absolute Gasteiger partial charge is 0.339 e. The van der Waals surface area contributed by atoms with Crippen LogP contribution in [-0.2, 0) is 16.1 Å². The number of benzene rings is 2. The first-order valence-electron chi connectivity index (χ1n) is 10.4. The molecule has 2 heterocycles. The number of nitrogens with zero attached hydrogens (tertiary/aromatic N) is 3. The number of carbonyl (C=O) groups excluding carboxylic acids is 2. The third-order valence-electron chi connectivity index (χ3n) is 5.51. The van der Waals surface area contributed by atoms with Crippen LogP contribution in [-0.4, -0.2) is 47.1 Å². The first kappa shape index (κ1) is 23.4. The maximum absolute atomic E-state index is 12.7. The van der Waals surface area contributed by atoms with Gasteiger partial charge in [0.2, 0.25) is 17.6 Å². The maximum atomic E-state index is 12.7. The van der Waals surface area contributed by atoms with Crippen LogP contribution in [0.1, 0.15) is 29.1 Å². The molecule has 0 unspecified atom stereocenters. The molecule has 0 aliphatic carbocycles. The molecule has 0 radical (unpaired) electrons. The fraction of sp³-hybridized carbons (Fsp3) is 0.304. The second kappa shape index (κ2) is 10.5. The molecule has 172 valence electrons. The van der Waals surface area contributed by atoms with Crippen molar-refractivity contribution in [2.75, 3.05) is 25.5 Å². The molecule has 0 bridgehead atoms. The fourth-order valence-corrected chi connectivity index (χ4v) is 4.32. The summed E-state index contributed by atoms with van der Waals surface area (Å²) in [5.41, 5.74) is 1.61. The van der Waals surface area contributed by atoms with E-state index in [0.29, 0.717) is 36.8 Å². The highest BCUT2D eigenvalue weighted by molar-refractivity contribution is 9.10. The lowest BCUT2D eigenvalue weighted by molar-refractivity contribution is -0.121. The maximum Gasteiger partial charge on any atom is 0.339 e. The van der Waals surface area contributed by atoms with E-state index in [4.69, 9.17) is 20.9 Å².